The Bertz CT molecular complexity index is 1340. The van der Waals surface area contributed by atoms with Crippen LogP contribution in [-0.2, 0) is 0 Å². The molecule has 1 heterocycles. The summed E-state index contributed by atoms with van der Waals surface area (Å²) in [6.07, 6.45) is 14.7. The van der Waals surface area contributed by atoms with Crippen molar-refractivity contribution in [3.05, 3.63) is 82.4 Å². The van der Waals surface area contributed by atoms with Crippen molar-refractivity contribution in [1.82, 2.24) is 4.98 Å². The van der Waals surface area contributed by atoms with Gasteiger partial charge in [0, 0.05) is 30.0 Å². The molecule has 4 aromatic rings. The van der Waals surface area contributed by atoms with Crippen LogP contribution in [0, 0.1) is 10.1 Å². The van der Waals surface area contributed by atoms with E-state index < -0.39 is 4.92 Å². The first-order valence-corrected chi connectivity index (χ1v) is 14.0. The van der Waals surface area contributed by atoms with Gasteiger partial charge in [0.15, 0.2) is 5.58 Å². The molecule has 0 aliphatic rings. The molecule has 0 unspecified atom stereocenters. The van der Waals surface area contributed by atoms with Crippen LogP contribution >= 0.6 is 0 Å². The van der Waals surface area contributed by atoms with Crippen molar-refractivity contribution in [2.75, 3.05) is 6.61 Å². The predicted octanol–water partition coefficient (Wildman–Crippen LogP) is 9.45. The molecule has 0 amide bonds. The number of aliphatic imine (C=N–C) groups is 1. The fourth-order valence-electron chi connectivity index (χ4n) is 4.42. The molecule has 39 heavy (non-hydrogen) atoms. The number of unbranched alkanes of at least 4 members (excludes halogenated alkanes) is 9. The van der Waals surface area contributed by atoms with E-state index in [9.17, 15) is 10.1 Å². The number of nitro benzene ring substituents is 1. The van der Waals surface area contributed by atoms with Gasteiger partial charge in [0.1, 0.15) is 11.3 Å². The lowest BCUT2D eigenvalue weighted by Gasteiger charge is -2.06. The minimum atomic E-state index is -0.418. The summed E-state index contributed by atoms with van der Waals surface area (Å²) in [5, 5.41) is 10.8. The van der Waals surface area contributed by atoms with Crippen molar-refractivity contribution in [2.24, 2.45) is 4.99 Å². The van der Waals surface area contributed by atoms with E-state index in [0.717, 1.165) is 34.5 Å². The second-order valence-electron chi connectivity index (χ2n) is 9.83. The fraction of sp³-hybridized carbons (Fsp3) is 0.375. The number of nitro groups is 1. The van der Waals surface area contributed by atoms with E-state index in [2.05, 4.69) is 16.9 Å². The average Bonchev–Trinajstić information content (AvgIpc) is 3.39. The Morgan fingerprint density at radius 3 is 2.21 bits per heavy atom. The van der Waals surface area contributed by atoms with Crippen molar-refractivity contribution in [3.8, 4) is 17.2 Å². The summed E-state index contributed by atoms with van der Waals surface area (Å²) < 4.78 is 12.0. The number of rotatable bonds is 16. The number of aromatic nitrogens is 1. The number of fused-ring (bicyclic) bond motifs is 1. The number of non-ortho nitro benzene ring substituents is 1. The minimum Gasteiger partial charge on any atom is -0.493 e. The SMILES string of the molecule is CCCCCCCCCCCCOc1ccc2nc(-c3ccc(N=Cc4ccc([N+](=O)[O-])cc4)cc3)oc2c1. The maximum atomic E-state index is 10.8. The van der Waals surface area contributed by atoms with Gasteiger partial charge >= 0.3 is 0 Å². The minimum absolute atomic E-state index is 0.0580. The number of ether oxygens (including phenoxy) is 1. The smallest absolute Gasteiger partial charge is 0.269 e. The lowest BCUT2D eigenvalue weighted by atomic mass is 10.1. The molecule has 7 nitrogen and oxygen atoms in total. The highest BCUT2D eigenvalue weighted by Crippen LogP contribution is 2.28. The molecule has 0 aliphatic heterocycles. The molecule has 7 heteroatoms. The maximum Gasteiger partial charge on any atom is 0.269 e. The molecule has 4 rings (SSSR count). The zero-order chi connectivity index (χ0) is 27.3. The Morgan fingerprint density at radius 1 is 0.872 bits per heavy atom. The van der Waals surface area contributed by atoms with Gasteiger partial charge in [-0.05, 0) is 60.5 Å². The standard InChI is InChI=1S/C32H37N3O4/c1-2-3-4-5-6-7-8-9-10-11-22-38-29-20-21-30-31(23-29)39-32(34-30)26-14-16-27(17-15-26)33-24-25-12-18-28(19-13-25)35(36)37/h12-21,23-24H,2-11,22H2,1H3. The van der Waals surface area contributed by atoms with Gasteiger partial charge in [-0.3, -0.25) is 15.1 Å². The summed E-state index contributed by atoms with van der Waals surface area (Å²) >= 11 is 0. The summed E-state index contributed by atoms with van der Waals surface area (Å²) in [6, 6.07) is 19.6. The molecule has 0 spiro atoms. The average molecular weight is 528 g/mol. The number of hydrogen-bond acceptors (Lipinski definition) is 6. The first-order valence-electron chi connectivity index (χ1n) is 14.0. The normalized spacial score (nSPS) is 11.4. The fourth-order valence-corrected chi connectivity index (χ4v) is 4.42. The number of nitrogens with zero attached hydrogens (tertiary/aromatic N) is 3. The van der Waals surface area contributed by atoms with E-state index in [4.69, 9.17) is 9.15 Å². The second kappa shape index (κ2) is 14.8. The van der Waals surface area contributed by atoms with Crippen LogP contribution in [0.5, 0.6) is 5.75 Å². The molecule has 3 aromatic carbocycles. The summed E-state index contributed by atoms with van der Waals surface area (Å²) in [5.41, 5.74) is 3.95. The van der Waals surface area contributed by atoms with E-state index in [1.165, 1.54) is 69.9 Å². The van der Waals surface area contributed by atoms with E-state index in [-0.39, 0.29) is 5.69 Å². The highest BCUT2D eigenvalue weighted by Gasteiger charge is 2.10. The highest BCUT2D eigenvalue weighted by molar-refractivity contribution is 5.82. The molecule has 0 atom stereocenters. The van der Waals surface area contributed by atoms with Crippen LogP contribution in [0.15, 0.2) is 76.1 Å². The van der Waals surface area contributed by atoms with Crippen molar-refractivity contribution < 1.29 is 14.1 Å². The molecule has 204 valence electrons. The molecule has 0 saturated carbocycles. The molecule has 0 fully saturated rings. The number of benzene rings is 3. The molecule has 0 radical (unpaired) electrons. The van der Waals surface area contributed by atoms with Crippen molar-refractivity contribution in [2.45, 2.75) is 71.1 Å². The zero-order valence-corrected chi connectivity index (χ0v) is 22.7. The van der Waals surface area contributed by atoms with Gasteiger partial charge in [0.2, 0.25) is 5.89 Å². The van der Waals surface area contributed by atoms with Gasteiger partial charge in [-0.15, -0.1) is 0 Å². The van der Waals surface area contributed by atoms with Crippen LogP contribution in [-0.4, -0.2) is 22.7 Å². The van der Waals surface area contributed by atoms with Crippen LogP contribution in [0.3, 0.4) is 0 Å². The van der Waals surface area contributed by atoms with E-state index >= 15 is 0 Å². The lowest BCUT2D eigenvalue weighted by molar-refractivity contribution is -0.384. The van der Waals surface area contributed by atoms with Gasteiger partial charge in [0.25, 0.3) is 5.69 Å². The monoisotopic (exact) mass is 527 g/mol. The Kier molecular flexibility index (Phi) is 10.6. The van der Waals surface area contributed by atoms with Gasteiger partial charge in [-0.25, -0.2) is 4.98 Å². The summed E-state index contributed by atoms with van der Waals surface area (Å²) in [6.45, 7) is 2.97. The van der Waals surface area contributed by atoms with Crippen molar-refractivity contribution >= 4 is 28.7 Å². The molecule has 0 bridgehead atoms. The van der Waals surface area contributed by atoms with Crippen LogP contribution in [0.25, 0.3) is 22.6 Å². The second-order valence-corrected chi connectivity index (χ2v) is 9.83. The summed E-state index contributed by atoms with van der Waals surface area (Å²) in [5.74, 6) is 1.35. The van der Waals surface area contributed by atoms with Gasteiger partial charge in [-0.2, -0.15) is 0 Å². The highest BCUT2D eigenvalue weighted by atomic mass is 16.6. The third-order valence-electron chi connectivity index (χ3n) is 6.71. The van der Waals surface area contributed by atoms with Gasteiger partial charge in [-0.1, -0.05) is 64.7 Å². The maximum absolute atomic E-state index is 10.8. The summed E-state index contributed by atoms with van der Waals surface area (Å²) in [7, 11) is 0. The Hall–Kier alpha value is -4.00. The Morgan fingerprint density at radius 2 is 1.54 bits per heavy atom. The van der Waals surface area contributed by atoms with Gasteiger partial charge in [0.05, 0.1) is 17.2 Å². The Labute approximate surface area is 230 Å². The summed E-state index contributed by atoms with van der Waals surface area (Å²) in [4.78, 5) is 19.4. The van der Waals surface area contributed by atoms with Crippen LogP contribution < -0.4 is 4.74 Å². The molecular weight excluding hydrogens is 490 g/mol. The molecular formula is C32H37N3O4. The van der Waals surface area contributed by atoms with E-state index in [0.29, 0.717) is 18.1 Å². The van der Waals surface area contributed by atoms with E-state index in [1.807, 2.05) is 42.5 Å². The molecule has 0 N–H and O–H groups in total. The lowest BCUT2D eigenvalue weighted by Crippen LogP contribution is -1.97. The number of hydrogen-bond donors (Lipinski definition) is 0. The number of oxazole rings is 1. The first kappa shape index (κ1) is 28.0. The molecule has 0 aliphatic carbocycles. The van der Waals surface area contributed by atoms with Crippen LogP contribution in [0.1, 0.15) is 76.7 Å². The molecule has 1 aromatic heterocycles. The largest absolute Gasteiger partial charge is 0.493 e. The third-order valence-corrected chi connectivity index (χ3v) is 6.71. The van der Waals surface area contributed by atoms with E-state index in [1.54, 1.807) is 18.3 Å². The molecule has 0 saturated heterocycles. The van der Waals surface area contributed by atoms with Crippen molar-refractivity contribution in [1.29, 1.82) is 0 Å². The predicted molar refractivity (Wildman–Crippen MR) is 157 cm³/mol. The zero-order valence-electron chi connectivity index (χ0n) is 22.7. The topological polar surface area (TPSA) is 90.8 Å². The third kappa shape index (κ3) is 8.77. The first-order chi connectivity index (χ1) is 19.1. The van der Waals surface area contributed by atoms with Crippen LogP contribution in [0.4, 0.5) is 11.4 Å². The Balaban J connectivity index is 1.23. The van der Waals surface area contributed by atoms with Crippen molar-refractivity contribution in [3.63, 3.8) is 0 Å². The van der Waals surface area contributed by atoms with Gasteiger partial charge < -0.3 is 9.15 Å². The van der Waals surface area contributed by atoms with Crippen LogP contribution in [0.2, 0.25) is 0 Å². The quantitative estimate of drug-likeness (QED) is 0.0626.